The quantitative estimate of drug-likeness (QED) is 0.824. The average molecular weight is 236 g/mol. The molecule has 0 saturated carbocycles. The smallest absolute Gasteiger partial charge is 0.134 e. The predicted octanol–water partition coefficient (Wildman–Crippen LogP) is 1.26. The van der Waals surface area contributed by atoms with Gasteiger partial charge in [0, 0.05) is 25.2 Å². The number of aliphatic hydroxyl groups is 1. The summed E-state index contributed by atoms with van der Waals surface area (Å²) in [5, 5.41) is 12.8. The molecule has 2 atom stereocenters. The fraction of sp³-hybridized carbons (Fsp3) is 0.667. The Balaban J connectivity index is 2.06. The van der Waals surface area contributed by atoms with Gasteiger partial charge in [0.1, 0.15) is 18.0 Å². The van der Waals surface area contributed by atoms with Gasteiger partial charge in [-0.25, -0.2) is 9.97 Å². The fourth-order valence-corrected chi connectivity index (χ4v) is 1.90. The number of anilines is 2. The van der Waals surface area contributed by atoms with Crippen LogP contribution in [-0.4, -0.2) is 40.3 Å². The van der Waals surface area contributed by atoms with Crippen LogP contribution in [0.3, 0.4) is 0 Å². The molecule has 2 unspecified atom stereocenters. The van der Waals surface area contributed by atoms with Crippen molar-refractivity contribution in [3.63, 3.8) is 0 Å². The van der Waals surface area contributed by atoms with Crippen molar-refractivity contribution in [2.24, 2.45) is 0 Å². The molecule has 2 heterocycles. The van der Waals surface area contributed by atoms with Crippen LogP contribution in [0.2, 0.25) is 0 Å². The molecule has 5 nitrogen and oxygen atoms in total. The largest absolute Gasteiger partial charge is 0.391 e. The van der Waals surface area contributed by atoms with Gasteiger partial charge in [0.15, 0.2) is 0 Å². The number of hydrogen-bond acceptors (Lipinski definition) is 5. The van der Waals surface area contributed by atoms with E-state index in [1.807, 2.05) is 6.07 Å². The molecule has 0 amide bonds. The third kappa shape index (κ3) is 3.06. The topological polar surface area (TPSA) is 61.3 Å². The molecule has 1 aromatic heterocycles. The number of nitrogens with one attached hydrogen (secondary N) is 1. The Morgan fingerprint density at radius 3 is 3.06 bits per heavy atom. The first kappa shape index (κ1) is 12.1. The number of rotatable bonds is 4. The molecule has 94 valence electrons. The highest BCUT2D eigenvalue weighted by Gasteiger charge is 2.21. The second-order valence-corrected chi connectivity index (χ2v) is 4.60. The maximum Gasteiger partial charge on any atom is 0.134 e. The minimum Gasteiger partial charge on any atom is -0.391 e. The maximum atomic E-state index is 9.51. The summed E-state index contributed by atoms with van der Waals surface area (Å²) in [6.07, 6.45) is 3.22. The summed E-state index contributed by atoms with van der Waals surface area (Å²) >= 11 is 0. The molecule has 0 spiro atoms. The van der Waals surface area contributed by atoms with Crippen LogP contribution >= 0.6 is 0 Å². The highest BCUT2D eigenvalue weighted by Crippen LogP contribution is 2.20. The molecule has 2 N–H and O–H groups in total. The van der Waals surface area contributed by atoms with Crippen LogP contribution in [0.4, 0.5) is 11.6 Å². The third-order valence-corrected chi connectivity index (χ3v) is 3.15. The van der Waals surface area contributed by atoms with Crippen molar-refractivity contribution in [1.82, 2.24) is 9.97 Å². The second kappa shape index (κ2) is 5.31. The van der Waals surface area contributed by atoms with Crippen molar-refractivity contribution in [2.45, 2.75) is 38.8 Å². The molecular formula is C12H20N4O. The van der Waals surface area contributed by atoms with E-state index in [1.165, 1.54) is 0 Å². The van der Waals surface area contributed by atoms with Crippen LogP contribution in [0, 0.1) is 0 Å². The van der Waals surface area contributed by atoms with E-state index in [2.05, 4.69) is 34.0 Å². The summed E-state index contributed by atoms with van der Waals surface area (Å²) < 4.78 is 0. The van der Waals surface area contributed by atoms with Crippen molar-refractivity contribution < 1.29 is 5.11 Å². The van der Waals surface area contributed by atoms with Crippen molar-refractivity contribution >= 4 is 11.6 Å². The standard InChI is InChI=1S/C12H20N4O/c1-3-9(2)15-11-6-12(14-8-13-11)16-5-4-10(17)7-16/h6,8-10,17H,3-5,7H2,1-2H3,(H,13,14,15). The van der Waals surface area contributed by atoms with Crippen molar-refractivity contribution in [2.75, 3.05) is 23.3 Å². The minimum atomic E-state index is -0.226. The summed E-state index contributed by atoms with van der Waals surface area (Å²) in [6.45, 7) is 5.79. The number of aromatic nitrogens is 2. The van der Waals surface area contributed by atoms with Gasteiger partial charge >= 0.3 is 0 Å². The first-order valence-electron chi connectivity index (χ1n) is 6.20. The van der Waals surface area contributed by atoms with E-state index in [1.54, 1.807) is 6.33 Å². The molecule has 1 aliphatic rings. The Morgan fingerprint density at radius 1 is 1.59 bits per heavy atom. The van der Waals surface area contributed by atoms with Crippen LogP contribution in [-0.2, 0) is 0 Å². The minimum absolute atomic E-state index is 0.226. The Morgan fingerprint density at radius 2 is 2.41 bits per heavy atom. The third-order valence-electron chi connectivity index (χ3n) is 3.15. The zero-order valence-electron chi connectivity index (χ0n) is 10.4. The summed E-state index contributed by atoms with van der Waals surface area (Å²) in [5.41, 5.74) is 0. The first-order valence-corrected chi connectivity index (χ1v) is 6.20. The molecule has 1 saturated heterocycles. The van der Waals surface area contributed by atoms with Crippen LogP contribution in [0.1, 0.15) is 26.7 Å². The molecule has 0 bridgehead atoms. The lowest BCUT2D eigenvalue weighted by Crippen LogP contribution is -2.23. The van der Waals surface area contributed by atoms with Gasteiger partial charge in [0.2, 0.25) is 0 Å². The summed E-state index contributed by atoms with van der Waals surface area (Å²) in [6, 6.07) is 2.35. The van der Waals surface area contributed by atoms with Gasteiger partial charge in [-0.2, -0.15) is 0 Å². The summed E-state index contributed by atoms with van der Waals surface area (Å²) in [7, 11) is 0. The van der Waals surface area contributed by atoms with E-state index in [0.717, 1.165) is 31.0 Å². The van der Waals surface area contributed by atoms with E-state index in [-0.39, 0.29) is 6.10 Å². The zero-order chi connectivity index (χ0) is 12.3. The normalized spacial score (nSPS) is 21.6. The highest BCUT2D eigenvalue weighted by atomic mass is 16.3. The number of aliphatic hydroxyl groups excluding tert-OH is 1. The van der Waals surface area contributed by atoms with Crippen LogP contribution in [0.5, 0.6) is 0 Å². The lowest BCUT2D eigenvalue weighted by molar-refractivity contribution is 0.198. The first-order chi connectivity index (χ1) is 8.19. The van der Waals surface area contributed by atoms with E-state index < -0.39 is 0 Å². The number of hydrogen-bond donors (Lipinski definition) is 2. The summed E-state index contributed by atoms with van der Waals surface area (Å²) in [4.78, 5) is 10.6. The van der Waals surface area contributed by atoms with Gasteiger partial charge in [0.25, 0.3) is 0 Å². The van der Waals surface area contributed by atoms with Gasteiger partial charge in [-0.1, -0.05) is 6.92 Å². The van der Waals surface area contributed by atoms with Crippen molar-refractivity contribution in [1.29, 1.82) is 0 Å². The molecule has 0 aromatic carbocycles. The Labute approximate surface area is 102 Å². The molecule has 17 heavy (non-hydrogen) atoms. The molecule has 5 heteroatoms. The van der Waals surface area contributed by atoms with E-state index in [0.29, 0.717) is 12.6 Å². The van der Waals surface area contributed by atoms with E-state index >= 15 is 0 Å². The van der Waals surface area contributed by atoms with Crippen LogP contribution < -0.4 is 10.2 Å². The second-order valence-electron chi connectivity index (χ2n) is 4.60. The lowest BCUT2D eigenvalue weighted by Gasteiger charge is -2.18. The van der Waals surface area contributed by atoms with E-state index in [4.69, 9.17) is 0 Å². The van der Waals surface area contributed by atoms with Gasteiger partial charge in [-0.05, 0) is 19.8 Å². The molecular weight excluding hydrogens is 216 g/mol. The lowest BCUT2D eigenvalue weighted by atomic mass is 10.2. The SMILES string of the molecule is CCC(C)Nc1cc(N2CCC(O)C2)ncn1. The Hall–Kier alpha value is -1.36. The number of nitrogens with zero attached hydrogens (tertiary/aromatic N) is 3. The molecule has 0 radical (unpaired) electrons. The average Bonchev–Trinajstić information content (AvgIpc) is 2.76. The Bertz CT molecular complexity index is 371. The molecule has 1 aromatic rings. The fourth-order valence-electron chi connectivity index (χ4n) is 1.90. The molecule has 1 aliphatic heterocycles. The predicted molar refractivity (Wildman–Crippen MR) is 68.2 cm³/mol. The maximum absolute atomic E-state index is 9.51. The molecule has 0 aliphatic carbocycles. The van der Waals surface area contributed by atoms with Crippen molar-refractivity contribution in [3.05, 3.63) is 12.4 Å². The van der Waals surface area contributed by atoms with Gasteiger partial charge in [-0.3, -0.25) is 0 Å². The highest BCUT2D eigenvalue weighted by molar-refractivity contribution is 5.49. The van der Waals surface area contributed by atoms with Gasteiger partial charge < -0.3 is 15.3 Å². The van der Waals surface area contributed by atoms with Gasteiger partial charge in [-0.15, -0.1) is 0 Å². The van der Waals surface area contributed by atoms with Crippen LogP contribution in [0.15, 0.2) is 12.4 Å². The molecule has 2 rings (SSSR count). The van der Waals surface area contributed by atoms with Crippen molar-refractivity contribution in [3.8, 4) is 0 Å². The zero-order valence-corrected chi connectivity index (χ0v) is 10.4. The number of β-amino-alcohol motifs (C(OH)–C–C–N with tert-alkyl or cyclic N) is 1. The summed E-state index contributed by atoms with van der Waals surface area (Å²) in [5.74, 6) is 1.74. The van der Waals surface area contributed by atoms with E-state index in [9.17, 15) is 5.11 Å². The monoisotopic (exact) mass is 236 g/mol. The van der Waals surface area contributed by atoms with Gasteiger partial charge in [0.05, 0.1) is 6.10 Å². The Kier molecular flexibility index (Phi) is 3.78. The van der Waals surface area contributed by atoms with Crippen LogP contribution in [0.25, 0.3) is 0 Å². The molecule has 1 fully saturated rings.